The molecule has 1 aliphatic carbocycles. The number of carbonyl (C=O) groups is 1. The summed E-state index contributed by atoms with van der Waals surface area (Å²) in [6, 6.07) is 11.9. The molecule has 5 heteroatoms. The van der Waals surface area contributed by atoms with Gasteiger partial charge in [-0.15, -0.1) is 0 Å². The third-order valence-corrected chi connectivity index (χ3v) is 5.91. The summed E-state index contributed by atoms with van der Waals surface area (Å²) in [5, 5.41) is 3.79. The third-order valence-electron chi connectivity index (χ3n) is 5.65. The quantitative estimate of drug-likeness (QED) is 0.745. The molecule has 0 radical (unpaired) electrons. The number of benzene rings is 1. The van der Waals surface area contributed by atoms with E-state index in [2.05, 4.69) is 27.3 Å². The first-order valence-corrected chi connectivity index (χ1v) is 9.89. The largest absolute Gasteiger partial charge is 0.353 e. The standard InChI is InChI=1S/C22H24ClN3O/c23-18-6-3-17(4-7-18)13-26-14-20-19(21(20)15-26)9-11-25-22(27)8-5-16-2-1-10-24-12-16/h1-8,10,12,19-21H,9,11,13-15H2,(H,25,27)/b8-5+. The topological polar surface area (TPSA) is 45.2 Å². The van der Waals surface area contributed by atoms with Crippen LogP contribution in [0, 0.1) is 17.8 Å². The van der Waals surface area contributed by atoms with Crippen molar-refractivity contribution in [2.75, 3.05) is 19.6 Å². The highest BCUT2D eigenvalue weighted by molar-refractivity contribution is 6.30. The molecule has 2 aromatic rings. The van der Waals surface area contributed by atoms with Gasteiger partial charge in [-0.25, -0.2) is 0 Å². The van der Waals surface area contributed by atoms with Gasteiger partial charge in [-0.1, -0.05) is 29.8 Å². The first-order valence-electron chi connectivity index (χ1n) is 9.52. The second-order valence-corrected chi connectivity index (χ2v) is 7.95. The van der Waals surface area contributed by atoms with Crippen molar-refractivity contribution in [3.05, 3.63) is 71.0 Å². The Morgan fingerprint density at radius 1 is 1.22 bits per heavy atom. The molecular formula is C22H24ClN3O. The molecule has 1 N–H and O–H groups in total. The first-order chi connectivity index (χ1) is 13.2. The maximum atomic E-state index is 11.9. The molecule has 2 aliphatic rings. The molecule has 2 fully saturated rings. The molecule has 0 spiro atoms. The van der Waals surface area contributed by atoms with Gasteiger partial charge in [-0.2, -0.15) is 0 Å². The van der Waals surface area contributed by atoms with Crippen LogP contribution in [0.3, 0.4) is 0 Å². The van der Waals surface area contributed by atoms with E-state index in [4.69, 9.17) is 11.6 Å². The fourth-order valence-corrected chi connectivity index (χ4v) is 4.34. The van der Waals surface area contributed by atoms with E-state index in [0.29, 0.717) is 0 Å². The number of hydrogen-bond acceptors (Lipinski definition) is 3. The van der Waals surface area contributed by atoms with E-state index in [-0.39, 0.29) is 5.91 Å². The smallest absolute Gasteiger partial charge is 0.244 e. The van der Waals surface area contributed by atoms with E-state index < -0.39 is 0 Å². The van der Waals surface area contributed by atoms with Crippen molar-refractivity contribution in [1.29, 1.82) is 0 Å². The van der Waals surface area contributed by atoms with Crippen LogP contribution in [0.25, 0.3) is 6.08 Å². The molecule has 0 bridgehead atoms. The SMILES string of the molecule is O=C(/C=C/c1cccnc1)NCCC1C2CN(Cc3ccc(Cl)cc3)CC12. The van der Waals surface area contributed by atoms with Crippen LogP contribution in [0.2, 0.25) is 5.02 Å². The van der Waals surface area contributed by atoms with Crippen LogP contribution in [0.5, 0.6) is 0 Å². The number of pyridine rings is 1. The number of carbonyl (C=O) groups excluding carboxylic acids is 1. The zero-order valence-corrected chi connectivity index (χ0v) is 16.0. The molecule has 1 saturated carbocycles. The van der Waals surface area contributed by atoms with Crippen molar-refractivity contribution < 1.29 is 4.79 Å². The Bertz CT molecular complexity index is 794. The Labute approximate surface area is 165 Å². The van der Waals surface area contributed by atoms with Crippen LogP contribution < -0.4 is 5.32 Å². The average Bonchev–Trinajstić information content (AvgIpc) is 3.13. The van der Waals surface area contributed by atoms with Gasteiger partial charge >= 0.3 is 0 Å². The second kappa shape index (κ2) is 8.24. The fraction of sp³-hybridized carbons (Fsp3) is 0.364. The number of halogens is 1. The van der Waals surface area contributed by atoms with Gasteiger partial charge in [-0.05, 0) is 59.6 Å². The lowest BCUT2D eigenvalue weighted by Crippen LogP contribution is -2.26. The number of amides is 1. The van der Waals surface area contributed by atoms with Crippen molar-refractivity contribution in [3.63, 3.8) is 0 Å². The summed E-state index contributed by atoms with van der Waals surface area (Å²) in [4.78, 5) is 18.5. The van der Waals surface area contributed by atoms with Crippen molar-refractivity contribution in [1.82, 2.24) is 15.2 Å². The molecule has 2 heterocycles. The van der Waals surface area contributed by atoms with Crippen LogP contribution in [0.15, 0.2) is 54.9 Å². The maximum Gasteiger partial charge on any atom is 0.244 e. The number of nitrogens with zero attached hydrogens (tertiary/aromatic N) is 2. The highest BCUT2D eigenvalue weighted by Crippen LogP contribution is 2.53. The number of rotatable bonds is 7. The summed E-state index contributed by atoms with van der Waals surface area (Å²) >= 11 is 5.95. The number of fused-ring (bicyclic) bond motifs is 1. The van der Waals surface area contributed by atoms with Crippen LogP contribution in [0.4, 0.5) is 0 Å². The molecule has 140 valence electrons. The van der Waals surface area contributed by atoms with Crippen LogP contribution in [-0.2, 0) is 11.3 Å². The summed E-state index contributed by atoms with van der Waals surface area (Å²) in [6.07, 6.45) is 7.92. The lowest BCUT2D eigenvalue weighted by atomic mass is 10.1. The van der Waals surface area contributed by atoms with Gasteiger partial charge in [0.05, 0.1) is 0 Å². The third kappa shape index (κ3) is 4.76. The Morgan fingerprint density at radius 2 is 2.00 bits per heavy atom. The number of aromatic nitrogens is 1. The summed E-state index contributed by atoms with van der Waals surface area (Å²) < 4.78 is 0. The molecule has 4 nitrogen and oxygen atoms in total. The molecule has 1 aromatic carbocycles. The maximum absolute atomic E-state index is 11.9. The van der Waals surface area contributed by atoms with Gasteiger partial charge in [0, 0.05) is 49.7 Å². The monoisotopic (exact) mass is 381 g/mol. The van der Waals surface area contributed by atoms with E-state index >= 15 is 0 Å². The van der Waals surface area contributed by atoms with Crippen LogP contribution >= 0.6 is 11.6 Å². The van der Waals surface area contributed by atoms with E-state index in [9.17, 15) is 4.79 Å². The van der Waals surface area contributed by atoms with Gasteiger partial charge in [-0.3, -0.25) is 14.7 Å². The number of piperidine rings is 1. The Hall–Kier alpha value is -2.17. The van der Waals surface area contributed by atoms with Crippen LogP contribution in [0.1, 0.15) is 17.5 Å². The van der Waals surface area contributed by atoms with Gasteiger partial charge in [0.25, 0.3) is 0 Å². The van der Waals surface area contributed by atoms with Gasteiger partial charge in [0.2, 0.25) is 5.91 Å². The normalized spacial score (nSPS) is 24.1. The molecule has 4 rings (SSSR count). The van der Waals surface area contributed by atoms with Crippen molar-refractivity contribution in [2.24, 2.45) is 17.8 Å². The van der Waals surface area contributed by atoms with Crippen LogP contribution in [-0.4, -0.2) is 35.4 Å². The molecule has 1 saturated heterocycles. The molecular weight excluding hydrogens is 358 g/mol. The minimum atomic E-state index is -0.0333. The summed E-state index contributed by atoms with van der Waals surface area (Å²) in [6.45, 7) is 4.11. The molecule has 27 heavy (non-hydrogen) atoms. The van der Waals surface area contributed by atoms with Gasteiger partial charge in [0.1, 0.15) is 0 Å². The fourth-order valence-electron chi connectivity index (χ4n) is 4.21. The lowest BCUT2D eigenvalue weighted by molar-refractivity contribution is -0.116. The molecule has 1 aromatic heterocycles. The highest BCUT2D eigenvalue weighted by Gasteiger charge is 2.54. The summed E-state index contributed by atoms with van der Waals surface area (Å²) in [7, 11) is 0. The van der Waals surface area contributed by atoms with Gasteiger partial charge < -0.3 is 5.32 Å². The van der Waals surface area contributed by atoms with E-state index in [1.54, 1.807) is 24.5 Å². The predicted molar refractivity (Wildman–Crippen MR) is 108 cm³/mol. The zero-order valence-electron chi connectivity index (χ0n) is 15.2. The lowest BCUT2D eigenvalue weighted by Gasteiger charge is -2.19. The second-order valence-electron chi connectivity index (χ2n) is 7.51. The average molecular weight is 382 g/mol. The minimum absolute atomic E-state index is 0.0333. The van der Waals surface area contributed by atoms with Gasteiger partial charge in [0.15, 0.2) is 0 Å². The van der Waals surface area contributed by atoms with Crippen molar-refractivity contribution >= 4 is 23.6 Å². The van der Waals surface area contributed by atoms with Crippen molar-refractivity contribution in [3.8, 4) is 0 Å². The Morgan fingerprint density at radius 3 is 2.70 bits per heavy atom. The number of likely N-dealkylation sites (tertiary alicyclic amines) is 1. The van der Waals surface area contributed by atoms with Crippen molar-refractivity contribution in [2.45, 2.75) is 13.0 Å². The van der Waals surface area contributed by atoms with E-state index in [1.807, 2.05) is 24.3 Å². The predicted octanol–water partition coefficient (Wildman–Crippen LogP) is 3.63. The Kier molecular flexibility index (Phi) is 5.55. The number of nitrogens with one attached hydrogen (secondary N) is 1. The molecule has 1 aliphatic heterocycles. The summed E-state index contributed by atoms with van der Waals surface area (Å²) in [5.74, 6) is 2.35. The van der Waals surface area contributed by atoms with E-state index in [0.717, 1.165) is 47.9 Å². The molecule has 1 amide bonds. The first kappa shape index (κ1) is 18.2. The number of hydrogen-bond donors (Lipinski definition) is 1. The van der Waals surface area contributed by atoms with E-state index in [1.165, 1.54) is 18.7 Å². The summed E-state index contributed by atoms with van der Waals surface area (Å²) in [5.41, 5.74) is 2.26. The Balaban J connectivity index is 1.14. The zero-order chi connectivity index (χ0) is 18.6. The molecule has 2 atom stereocenters. The molecule has 2 unspecified atom stereocenters. The minimum Gasteiger partial charge on any atom is -0.353 e. The highest BCUT2D eigenvalue weighted by atomic mass is 35.5.